The standard InChI is InChI=1S/C21H32N2O4/c1-3-16(4-2)22-21(24)20-14-23(18-9-5-6-10-19(18)27-20)11-13-25-15-17-8-7-12-26-17/h5-6,9-10,16-17,20H,3-4,7-8,11-15H2,1-2H3,(H,22,24). The van der Waals surface area contributed by atoms with Crippen molar-refractivity contribution in [1.29, 1.82) is 0 Å². The van der Waals surface area contributed by atoms with Crippen molar-refractivity contribution in [3.63, 3.8) is 0 Å². The predicted octanol–water partition coefficient (Wildman–Crippen LogP) is 2.75. The van der Waals surface area contributed by atoms with Crippen LogP contribution in [0.25, 0.3) is 0 Å². The molecule has 0 bridgehead atoms. The molecule has 6 heteroatoms. The molecule has 3 rings (SSSR count). The van der Waals surface area contributed by atoms with Gasteiger partial charge in [-0.05, 0) is 37.8 Å². The van der Waals surface area contributed by atoms with Crippen molar-refractivity contribution in [2.45, 2.75) is 57.8 Å². The van der Waals surface area contributed by atoms with E-state index in [2.05, 4.69) is 24.1 Å². The van der Waals surface area contributed by atoms with Gasteiger partial charge in [0.15, 0.2) is 6.10 Å². The van der Waals surface area contributed by atoms with E-state index in [-0.39, 0.29) is 18.1 Å². The summed E-state index contributed by atoms with van der Waals surface area (Å²) in [6.45, 7) is 7.53. The van der Waals surface area contributed by atoms with Crippen LogP contribution < -0.4 is 15.0 Å². The number of fused-ring (bicyclic) bond motifs is 1. The van der Waals surface area contributed by atoms with Crippen LogP contribution in [0.5, 0.6) is 5.75 Å². The zero-order valence-corrected chi connectivity index (χ0v) is 16.5. The van der Waals surface area contributed by atoms with Crippen molar-refractivity contribution in [2.24, 2.45) is 0 Å². The SMILES string of the molecule is CCC(CC)NC(=O)C1CN(CCOCC2CCCO2)c2ccccc2O1. The van der Waals surface area contributed by atoms with Gasteiger partial charge in [0.05, 0.1) is 31.5 Å². The Morgan fingerprint density at radius 3 is 2.89 bits per heavy atom. The molecule has 1 amide bonds. The quantitative estimate of drug-likeness (QED) is 0.672. The summed E-state index contributed by atoms with van der Waals surface area (Å²) in [4.78, 5) is 14.9. The molecule has 0 saturated carbocycles. The number of benzene rings is 1. The number of carbonyl (C=O) groups excluding carboxylic acids is 1. The van der Waals surface area contributed by atoms with Crippen LogP contribution in [-0.4, -0.2) is 57.1 Å². The maximum Gasteiger partial charge on any atom is 0.263 e. The lowest BCUT2D eigenvalue weighted by Crippen LogP contribution is -2.51. The molecule has 1 saturated heterocycles. The number of ether oxygens (including phenoxy) is 3. The number of amides is 1. The van der Waals surface area contributed by atoms with Crippen molar-refractivity contribution in [3.05, 3.63) is 24.3 Å². The molecule has 1 aromatic carbocycles. The average molecular weight is 376 g/mol. The maximum absolute atomic E-state index is 12.7. The highest BCUT2D eigenvalue weighted by Gasteiger charge is 2.31. The van der Waals surface area contributed by atoms with E-state index in [0.717, 1.165) is 50.3 Å². The van der Waals surface area contributed by atoms with Crippen molar-refractivity contribution in [1.82, 2.24) is 5.32 Å². The first-order chi connectivity index (χ1) is 13.2. The lowest BCUT2D eigenvalue weighted by Gasteiger charge is -2.36. The van der Waals surface area contributed by atoms with Crippen molar-refractivity contribution in [2.75, 3.05) is 37.8 Å². The van der Waals surface area contributed by atoms with Gasteiger partial charge in [-0.1, -0.05) is 26.0 Å². The van der Waals surface area contributed by atoms with E-state index in [1.54, 1.807) is 0 Å². The molecular formula is C21H32N2O4. The van der Waals surface area contributed by atoms with E-state index in [9.17, 15) is 4.79 Å². The monoisotopic (exact) mass is 376 g/mol. The van der Waals surface area contributed by atoms with Gasteiger partial charge in [-0.3, -0.25) is 4.79 Å². The van der Waals surface area contributed by atoms with Gasteiger partial charge < -0.3 is 24.4 Å². The van der Waals surface area contributed by atoms with Crippen molar-refractivity contribution >= 4 is 11.6 Å². The molecule has 0 aromatic heterocycles. The first kappa shape index (κ1) is 20.0. The van der Waals surface area contributed by atoms with Gasteiger partial charge in [0.25, 0.3) is 5.91 Å². The summed E-state index contributed by atoms with van der Waals surface area (Å²) < 4.78 is 17.4. The fourth-order valence-electron chi connectivity index (χ4n) is 3.61. The van der Waals surface area contributed by atoms with Crippen LogP contribution >= 0.6 is 0 Å². The minimum Gasteiger partial charge on any atom is -0.477 e. The first-order valence-electron chi connectivity index (χ1n) is 10.2. The van der Waals surface area contributed by atoms with Gasteiger partial charge in [0, 0.05) is 19.2 Å². The molecular weight excluding hydrogens is 344 g/mol. The summed E-state index contributed by atoms with van der Waals surface area (Å²) in [5, 5.41) is 3.10. The van der Waals surface area contributed by atoms with E-state index in [4.69, 9.17) is 14.2 Å². The molecule has 0 spiro atoms. The third-order valence-electron chi connectivity index (χ3n) is 5.32. The Morgan fingerprint density at radius 1 is 1.33 bits per heavy atom. The smallest absolute Gasteiger partial charge is 0.263 e. The number of nitrogens with one attached hydrogen (secondary N) is 1. The minimum atomic E-state index is -0.501. The van der Waals surface area contributed by atoms with E-state index in [0.29, 0.717) is 19.8 Å². The largest absolute Gasteiger partial charge is 0.477 e. The Balaban J connectivity index is 1.57. The lowest BCUT2D eigenvalue weighted by molar-refractivity contribution is -0.128. The highest BCUT2D eigenvalue weighted by molar-refractivity contribution is 5.83. The predicted molar refractivity (Wildman–Crippen MR) is 105 cm³/mol. The Bertz CT molecular complexity index is 600. The number of rotatable bonds is 9. The van der Waals surface area contributed by atoms with Crippen LogP contribution in [0.2, 0.25) is 0 Å². The Morgan fingerprint density at radius 2 is 2.15 bits per heavy atom. The number of hydrogen-bond donors (Lipinski definition) is 1. The normalized spacial score (nSPS) is 21.8. The van der Waals surface area contributed by atoms with Gasteiger partial charge in [-0.25, -0.2) is 0 Å². The molecule has 27 heavy (non-hydrogen) atoms. The van der Waals surface area contributed by atoms with E-state index in [1.807, 2.05) is 24.3 Å². The van der Waals surface area contributed by atoms with Gasteiger partial charge in [-0.15, -0.1) is 0 Å². The van der Waals surface area contributed by atoms with Crippen LogP contribution in [0.1, 0.15) is 39.5 Å². The van der Waals surface area contributed by atoms with E-state index in [1.165, 1.54) is 0 Å². The molecule has 2 atom stereocenters. The molecule has 2 heterocycles. The second-order valence-electron chi connectivity index (χ2n) is 7.25. The van der Waals surface area contributed by atoms with Crippen LogP contribution in [0.15, 0.2) is 24.3 Å². The lowest BCUT2D eigenvalue weighted by atomic mass is 10.1. The van der Waals surface area contributed by atoms with Gasteiger partial charge >= 0.3 is 0 Å². The average Bonchev–Trinajstić information content (AvgIpc) is 3.22. The van der Waals surface area contributed by atoms with Gasteiger partial charge in [0.2, 0.25) is 0 Å². The van der Waals surface area contributed by atoms with Crippen LogP contribution in [0.3, 0.4) is 0 Å². The van der Waals surface area contributed by atoms with E-state index < -0.39 is 6.10 Å². The molecule has 2 aliphatic rings. The first-order valence-corrected chi connectivity index (χ1v) is 10.2. The third kappa shape index (κ3) is 5.36. The van der Waals surface area contributed by atoms with Crippen LogP contribution in [0.4, 0.5) is 5.69 Å². The molecule has 6 nitrogen and oxygen atoms in total. The third-order valence-corrected chi connectivity index (χ3v) is 5.32. The summed E-state index contributed by atoms with van der Waals surface area (Å²) in [6, 6.07) is 8.08. The number of anilines is 1. The summed E-state index contributed by atoms with van der Waals surface area (Å²) in [5.41, 5.74) is 1.02. The molecule has 1 aromatic rings. The van der Waals surface area contributed by atoms with Crippen molar-refractivity contribution in [3.8, 4) is 5.75 Å². The number of carbonyl (C=O) groups is 1. The fourth-order valence-corrected chi connectivity index (χ4v) is 3.61. The number of hydrogen-bond acceptors (Lipinski definition) is 5. The Kier molecular flexibility index (Phi) is 7.35. The summed E-state index contributed by atoms with van der Waals surface area (Å²) in [5.74, 6) is 0.719. The zero-order chi connectivity index (χ0) is 19.1. The molecule has 2 unspecified atom stereocenters. The molecule has 150 valence electrons. The minimum absolute atomic E-state index is 0.0384. The van der Waals surface area contributed by atoms with Crippen LogP contribution in [0, 0.1) is 0 Å². The summed E-state index contributed by atoms with van der Waals surface area (Å²) in [6.07, 6.45) is 3.79. The molecule has 2 aliphatic heterocycles. The number of para-hydroxylation sites is 2. The van der Waals surface area contributed by atoms with Crippen molar-refractivity contribution < 1.29 is 19.0 Å². The van der Waals surface area contributed by atoms with E-state index >= 15 is 0 Å². The second kappa shape index (κ2) is 9.95. The highest BCUT2D eigenvalue weighted by Crippen LogP contribution is 2.33. The second-order valence-corrected chi connectivity index (χ2v) is 7.25. The Hall–Kier alpha value is -1.79. The number of nitrogens with zero attached hydrogens (tertiary/aromatic N) is 1. The van der Waals surface area contributed by atoms with Gasteiger partial charge in [0.1, 0.15) is 5.75 Å². The summed E-state index contributed by atoms with van der Waals surface area (Å²) >= 11 is 0. The molecule has 1 N–H and O–H groups in total. The summed E-state index contributed by atoms with van der Waals surface area (Å²) in [7, 11) is 0. The maximum atomic E-state index is 12.7. The van der Waals surface area contributed by atoms with Crippen LogP contribution in [-0.2, 0) is 14.3 Å². The van der Waals surface area contributed by atoms with Gasteiger partial charge in [-0.2, -0.15) is 0 Å². The molecule has 0 aliphatic carbocycles. The Labute approximate surface area is 162 Å². The fraction of sp³-hybridized carbons (Fsp3) is 0.667. The molecule has 0 radical (unpaired) electrons. The highest BCUT2D eigenvalue weighted by atomic mass is 16.5. The zero-order valence-electron chi connectivity index (χ0n) is 16.5. The topological polar surface area (TPSA) is 60.0 Å². The molecule has 1 fully saturated rings.